The van der Waals surface area contributed by atoms with Crippen LogP contribution in [0.3, 0.4) is 0 Å². The molecule has 1 unspecified atom stereocenters. The summed E-state index contributed by atoms with van der Waals surface area (Å²) in [5.74, 6) is -0.430. The molecule has 0 N–H and O–H groups in total. The van der Waals surface area contributed by atoms with Crippen molar-refractivity contribution in [3.8, 4) is 6.07 Å². The molecule has 0 amide bonds. The average Bonchev–Trinajstić information content (AvgIpc) is 2.11. The van der Waals surface area contributed by atoms with Crippen LogP contribution in [0.25, 0.3) is 0 Å². The molecular weight excluding hydrogens is 218 g/mol. The Hall–Kier alpha value is -1.08. The molecule has 0 aliphatic rings. The first-order chi connectivity index (χ1) is 7.17. The fourth-order valence-electron chi connectivity index (χ4n) is 1.60. The van der Waals surface area contributed by atoms with E-state index in [0.29, 0.717) is 6.42 Å². The molecule has 0 saturated heterocycles. The summed E-state index contributed by atoms with van der Waals surface area (Å²) in [5, 5.41) is 9.22. The van der Waals surface area contributed by atoms with Gasteiger partial charge in [-0.3, -0.25) is 4.79 Å². The minimum Gasteiger partial charge on any atom is -0.440 e. The molecule has 0 saturated carbocycles. The molecule has 3 nitrogen and oxygen atoms in total. The van der Waals surface area contributed by atoms with E-state index >= 15 is 0 Å². The second kappa shape index (κ2) is 5.31. The Balaban J connectivity index is 4.99. The first-order valence-corrected chi connectivity index (χ1v) is 9.16. The molecule has 0 aromatic carbocycles. The summed E-state index contributed by atoms with van der Waals surface area (Å²) in [7, 11) is -1.36. The second-order valence-corrected chi connectivity index (χ2v) is 10.7. The fourth-order valence-corrected chi connectivity index (χ4v) is 3.17. The number of nitrogens with zero attached hydrogens (tertiary/aromatic N) is 1. The van der Waals surface area contributed by atoms with Crippen molar-refractivity contribution in [1.82, 2.24) is 0 Å². The third-order valence-corrected chi connectivity index (χ3v) is 3.80. The number of rotatable bonds is 5. The largest absolute Gasteiger partial charge is 0.440 e. The van der Waals surface area contributed by atoms with Gasteiger partial charge in [-0.15, -0.1) is 0 Å². The van der Waals surface area contributed by atoms with Gasteiger partial charge in [-0.25, -0.2) is 0 Å². The maximum atomic E-state index is 11.0. The van der Waals surface area contributed by atoms with Crippen molar-refractivity contribution in [3.05, 3.63) is 12.2 Å². The molecule has 16 heavy (non-hydrogen) atoms. The Morgan fingerprint density at radius 3 is 2.25 bits per heavy atom. The van der Waals surface area contributed by atoms with Gasteiger partial charge >= 0.3 is 5.97 Å². The van der Waals surface area contributed by atoms with Crippen LogP contribution in [0.4, 0.5) is 0 Å². The van der Waals surface area contributed by atoms with Crippen molar-refractivity contribution < 1.29 is 9.53 Å². The Morgan fingerprint density at radius 1 is 1.50 bits per heavy atom. The highest BCUT2D eigenvalue weighted by Crippen LogP contribution is 2.30. The van der Waals surface area contributed by atoms with Crippen molar-refractivity contribution in [2.75, 3.05) is 0 Å². The van der Waals surface area contributed by atoms with E-state index in [1.54, 1.807) is 0 Å². The lowest BCUT2D eigenvalue weighted by Gasteiger charge is -2.30. The minimum absolute atomic E-state index is 0.430. The van der Waals surface area contributed by atoms with Gasteiger partial charge < -0.3 is 4.74 Å². The first-order valence-electron chi connectivity index (χ1n) is 5.46. The van der Waals surface area contributed by atoms with E-state index in [9.17, 15) is 10.1 Å². The van der Waals surface area contributed by atoms with E-state index in [1.165, 1.54) is 6.92 Å². The number of esters is 1. The molecule has 0 spiro atoms. The van der Waals surface area contributed by atoms with Crippen LogP contribution in [0.15, 0.2) is 12.2 Å². The Morgan fingerprint density at radius 2 is 2.00 bits per heavy atom. The molecule has 4 heteroatoms. The van der Waals surface area contributed by atoms with E-state index in [-0.39, 0.29) is 0 Å². The standard InChI is InChI=1S/C12H21NO2Si/c1-7-12(9-13,15-11(3)14)10(2)8-16(4,5)6/h2,7-8H2,1,3-6H3. The number of hydrogen-bond acceptors (Lipinski definition) is 3. The second-order valence-electron chi connectivity index (χ2n) is 5.23. The molecule has 90 valence electrons. The molecule has 0 radical (unpaired) electrons. The normalized spacial score (nSPS) is 14.8. The van der Waals surface area contributed by atoms with Gasteiger partial charge in [0.05, 0.1) is 0 Å². The van der Waals surface area contributed by atoms with Crippen LogP contribution in [-0.2, 0) is 9.53 Å². The van der Waals surface area contributed by atoms with Gasteiger partial charge in [0.25, 0.3) is 0 Å². The van der Waals surface area contributed by atoms with Crippen LogP contribution < -0.4 is 0 Å². The van der Waals surface area contributed by atoms with Gasteiger partial charge in [-0.1, -0.05) is 33.1 Å². The van der Waals surface area contributed by atoms with Crippen LogP contribution in [0.2, 0.25) is 25.7 Å². The number of carbonyl (C=O) groups excluding carboxylic acids is 1. The van der Waals surface area contributed by atoms with Gasteiger partial charge in [0.2, 0.25) is 5.60 Å². The Kier molecular flexibility index (Phi) is 4.95. The van der Waals surface area contributed by atoms with Crippen LogP contribution >= 0.6 is 0 Å². The highest BCUT2D eigenvalue weighted by Gasteiger charge is 2.36. The highest BCUT2D eigenvalue weighted by molar-refractivity contribution is 6.76. The van der Waals surface area contributed by atoms with Crippen LogP contribution in [0, 0.1) is 11.3 Å². The SMILES string of the molecule is C=C(C[Si](C)(C)C)C(C#N)(CC)OC(C)=O. The monoisotopic (exact) mass is 239 g/mol. The topological polar surface area (TPSA) is 50.1 Å². The third kappa shape index (κ3) is 4.19. The van der Waals surface area contributed by atoms with Crippen LogP contribution in [0.5, 0.6) is 0 Å². The molecule has 0 aromatic rings. The molecule has 1 atom stereocenters. The summed E-state index contributed by atoms with van der Waals surface area (Å²) in [5.41, 5.74) is -0.404. The fraction of sp³-hybridized carbons (Fsp3) is 0.667. The van der Waals surface area contributed by atoms with E-state index in [2.05, 4.69) is 32.3 Å². The third-order valence-electron chi connectivity index (χ3n) is 2.31. The molecule has 0 rings (SSSR count). The average molecular weight is 239 g/mol. The maximum Gasteiger partial charge on any atom is 0.304 e. The Bertz CT molecular complexity index is 325. The molecule has 0 aliphatic heterocycles. The van der Waals surface area contributed by atoms with E-state index in [4.69, 9.17) is 4.74 Å². The summed E-state index contributed by atoms with van der Waals surface area (Å²) in [6, 6.07) is 2.89. The van der Waals surface area contributed by atoms with Crippen molar-refractivity contribution in [2.45, 2.75) is 51.6 Å². The number of ether oxygens (including phenoxy) is 1. The first kappa shape index (κ1) is 14.9. The van der Waals surface area contributed by atoms with E-state index in [0.717, 1.165) is 11.6 Å². The molecule has 0 aromatic heterocycles. The lowest BCUT2D eigenvalue weighted by molar-refractivity contribution is -0.149. The zero-order valence-electron chi connectivity index (χ0n) is 10.9. The van der Waals surface area contributed by atoms with Crippen molar-refractivity contribution in [3.63, 3.8) is 0 Å². The van der Waals surface area contributed by atoms with Crippen molar-refractivity contribution >= 4 is 14.0 Å². The molecule has 0 bridgehead atoms. The van der Waals surface area contributed by atoms with Crippen molar-refractivity contribution in [1.29, 1.82) is 5.26 Å². The number of nitriles is 1. The predicted octanol–water partition coefficient (Wildman–Crippen LogP) is 3.12. The van der Waals surface area contributed by atoms with Crippen LogP contribution in [-0.4, -0.2) is 19.6 Å². The molecule has 0 fully saturated rings. The molecule has 0 aliphatic carbocycles. The summed E-state index contributed by atoms with van der Waals surface area (Å²) in [6.45, 7) is 13.7. The maximum absolute atomic E-state index is 11.0. The lowest BCUT2D eigenvalue weighted by Crippen LogP contribution is -2.37. The van der Waals surface area contributed by atoms with Gasteiger partial charge in [0.1, 0.15) is 6.07 Å². The summed E-state index contributed by atoms with van der Waals surface area (Å²) in [4.78, 5) is 11.0. The van der Waals surface area contributed by atoms with Gasteiger partial charge in [0.15, 0.2) is 0 Å². The highest BCUT2D eigenvalue weighted by atomic mass is 28.3. The summed E-state index contributed by atoms with van der Waals surface area (Å²) < 4.78 is 5.17. The molecular formula is C12H21NO2Si. The minimum atomic E-state index is -1.36. The Labute approximate surface area is 99.1 Å². The summed E-state index contributed by atoms with van der Waals surface area (Å²) >= 11 is 0. The zero-order valence-corrected chi connectivity index (χ0v) is 11.9. The number of carbonyl (C=O) groups is 1. The lowest BCUT2D eigenvalue weighted by atomic mass is 9.94. The van der Waals surface area contributed by atoms with Crippen molar-refractivity contribution in [2.24, 2.45) is 0 Å². The van der Waals surface area contributed by atoms with Gasteiger partial charge in [-0.2, -0.15) is 5.26 Å². The predicted molar refractivity (Wildman–Crippen MR) is 67.7 cm³/mol. The summed E-state index contributed by atoms with van der Waals surface area (Å²) in [6.07, 6.45) is 0.451. The quantitative estimate of drug-likeness (QED) is 0.421. The molecule has 0 heterocycles. The van der Waals surface area contributed by atoms with Crippen LogP contribution in [0.1, 0.15) is 20.3 Å². The zero-order chi connectivity index (χ0) is 13.0. The smallest absolute Gasteiger partial charge is 0.304 e. The van der Waals surface area contributed by atoms with Gasteiger partial charge in [0, 0.05) is 21.4 Å². The number of hydrogen-bond donors (Lipinski definition) is 0. The van der Waals surface area contributed by atoms with E-state index in [1.807, 2.05) is 6.92 Å². The van der Waals surface area contributed by atoms with Gasteiger partial charge in [-0.05, 0) is 11.6 Å². The van der Waals surface area contributed by atoms with E-state index < -0.39 is 19.6 Å².